The van der Waals surface area contributed by atoms with Gasteiger partial charge in [0.2, 0.25) is 0 Å². The zero-order valence-electron chi connectivity index (χ0n) is 11.2. The van der Waals surface area contributed by atoms with E-state index in [0.29, 0.717) is 0 Å². The minimum Gasteiger partial charge on any atom is -0.662 e. The van der Waals surface area contributed by atoms with Crippen molar-refractivity contribution in [2.75, 3.05) is 33.2 Å². The van der Waals surface area contributed by atoms with Crippen LogP contribution in [0, 0.1) is 11.8 Å². The first-order chi connectivity index (χ1) is 6.68. The number of nitrogens with zero attached hydrogens (tertiary/aromatic N) is 2. The molecule has 0 saturated carbocycles. The summed E-state index contributed by atoms with van der Waals surface area (Å²) in [7, 11) is 2.20. The minimum atomic E-state index is 0. The Morgan fingerprint density at radius 3 is 1.75 bits per heavy atom. The Bertz CT molecular complexity index is 132. The molecule has 0 amide bonds. The van der Waals surface area contributed by atoms with E-state index in [4.69, 9.17) is 0 Å². The molecule has 1 atom stereocenters. The van der Waals surface area contributed by atoms with E-state index in [1.807, 2.05) is 0 Å². The van der Waals surface area contributed by atoms with Crippen LogP contribution in [0.3, 0.4) is 0 Å². The molecule has 2 aliphatic rings. The normalized spacial score (nSPS) is 26.1. The van der Waals surface area contributed by atoms with E-state index in [9.17, 15) is 0 Å². The molecule has 4 heteroatoms. The quantitative estimate of drug-likeness (QED) is 0.637. The largest absolute Gasteiger partial charge is 0.662 e. The van der Waals surface area contributed by atoms with Crippen molar-refractivity contribution >= 4 is 0 Å². The second-order valence-electron chi connectivity index (χ2n) is 5.01. The molecule has 2 nitrogen and oxygen atoms in total. The predicted octanol–water partition coefficient (Wildman–Crippen LogP) is 2.74. The molecule has 90 valence electrons. The molecule has 16 heavy (non-hydrogen) atoms. The molecule has 0 aromatic carbocycles. The summed E-state index contributed by atoms with van der Waals surface area (Å²) in [6.45, 7) is 9.42. The van der Waals surface area contributed by atoms with Crippen molar-refractivity contribution in [2.24, 2.45) is 11.8 Å². The van der Waals surface area contributed by atoms with Gasteiger partial charge in [0.15, 0.2) is 0 Å². The average molecular weight is 375 g/mol. The Balaban J connectivity index is 0. The summed E-state index contributed by atoms with van der Waals surface area (Å²) in [5, 5.41) is 4.16. The maximum Gasteiger partial charge on any atom is 0 e. The van der Waals surface area contributed by atoms with Gasteiger partial charge < -0.3 is 10.2 Å². The molecule has 2 aliphatic heterocycles. The molecule has 2 fully saturated rings. The third kappa shape index (κ3) is 10.1. The van der Waals surface area contributed by atoms with Crippen LogP contribution in [-0.4, -0.2) is 38.1 Å². The minimum absolute atomic E-state index is 0. The zero-order chi connectivity index (χ0) is 10.4. The summed E-state index contributed by atoms with van der Waals surface area (Å²) < 4.78 is 0. The molecule has 2 radical (unpaired) electrons. The zero-order valence-corrected chi connectivity index (χ0v) is 16.8. The summed E-state index contributed by atoms with van der Waals surface area (Å²) in [4.78, 5) is 2.40. The van der Waals surface area contributed by atoms with Crippen molar-refractivity contribution in [1.29, 1.82) is 0 Å². The predicted molar refractivity (Wildman–Crippen MR) is 62.8 cm³/mol. The Hall–Kier alpha value is 2.13. The molecule has 0 N–H and O–H groups in total. The molecule has 1 unspecified atom stereocenters. The number of piperidine rings is 1. The average Bonchev–Trinajstić information content (AvgIpc) is 2.63. The molecular weight excluding hydrogens is 350 g/mol. The number of likely N-dealkylation sites (tertiary alicyclic amines) is 1. The Labute approximate surface area is 152 Å². The van der Waals surface area contributed by atoms with Crippen molar-refractivity contribution in [3.63, 3.8) is 0 Å². The van der Waals surface area contributed by atoms with Gasteiger partial charge in [0.25, 0.3) is 0 Å². The van der Waals surface area contributed by atoms with Crippen molar-refractivity contribution < 1.29 is 65.4 Å². The summed E-state index contributed by atoms with van der Waals surface area (Å²) in [6.07, 6.45) is 4.12. The van der Waals surface area contributed by atoms with E-state index in [2.05, 4.69) is 31.1 Å². The van der Waals surface area contributed by atoms with Gasteiger partial charge in [-0.25, -0.2) is 0 Å². The van der Waals surface area contributed by atoms with E-state index in [1.54, 1.807) is 0 Å². The Morgan fingerprint density at radius 2 is 1.50 bits per heavy atom. The van der Waals surface area contributed by atoms with Gasteiger partial charge in [0, 0.05) is 65.4 Å². The first kappa shape index (κ1) is 20.4. The van der Waals surface area contributed by atoms with Crippen LogP contribution in [0.1, 0.15) is 33.1 Å². The smallest absolute Gasteiger partial charge is 0 e. The van der Waals surface area contributed by atoms with E-state index in [0.717, 1.165) is 24.9 Å². The molecule has 2 saturated heterocycles. The van der Waals surface area contributed by atoms with Crippen molar-refractivity contribution in [2.45, 2.75) is 33.1 Å². The third-order valence-corrected chi connectivity index (χ3v) is 3.23. The van der Waals surface area contributed by atoms with Gasteiger partial charge in [-0.05, 0) is 38.9 Å². The summed E-state index contributed by atoms with van der Waals surface area (Å²) in [5.41, 5.74) is 0. The molecule has 0 aliphatic carbocycles. The fourth-order valence-electron chi connectivity index (χ4n) is 1.85. The number of rotatable bonds is 0. The van der Waals surface area contributed by atoms with Gasteiger partial charge in [-0.15, -0.1) is 13.1 Å². The molecule has 2 heterocycles. The van der Waals surface area contributed by atoms with E-state index in [1.165, 1.54) is 32.4 Å². The summed E-state index contributed by atoms with van der Waals surface area (Å²) in [5.74, 6) is 1.86. The maximum absolute atomic E-state index is 4.16. The van der Waals surface area contributed by atoms with Crippen LogP contribution in [0.25, 0.3) is 5.32 Å². The standard InChI is InChI=1S/C7H15N.C5H10N.2Y/c1-7-3-5-8(2)6-4-7;1-5-2-3-6-4-5;;/h7H,3-6H2,1-2H3;5H,2-4H2,1H3;;/q;-1;;. The van der Waals surface area contributed by atoms with Gasteiger partial charge >= 0.3 is 0 Å². The van der Waals surface area contributed by atoms with Crippen LogP contribution >= 0.6 is 0 Å². The fraction of sp³-hybridized carbons (Fsp3) is 1.00. The molecular formula is C12H25N2Y2-. The second kappa shape index (κ2) is 12.2. The molecule has 0 bridgehead atoms. The Morgan fingerprint density at radius 1 is 0.938 bits per heavy atom. The molecule has 0 spiro atoms. The molecule has 0 aromatic heterocycles. The van der Waals surface area contributed by atoms with Gasteiger partial charge in [-0.1, -0.05) is 26.2 Å². The van der Waals surface area contributed by atoms with Crippen molar-refractivity contribution in [1.82, 2.24) is 4.90 Å². The van der Waals surface area contributed by atoms with Crippen LogP contribution in [0.4, 0.5) is 0 Å². The van der Waals surface area contributed by atoms with Crippen LogP contribution in [0.15, 0.2) is 0 Å². The van der Waals surface area contributed by atoms with Crippen LogP contribution < -0.4 is 0 Å². The summed E-state index contributed by atoms with van der Waals surface area (Å²) >= 11 is 0. The van der Waals surface area contributed by atoms with Crippen LogP contribution in [-0.2, 0) is 65.4 Å². The first-order valence-electron chi connectivity index (χ1n) is 6.00. The van der Waals surface area contributed by atoms with Crippen LogP contribution in [0.2, 0.25) is 0 Å². The third-order valence-electron chi connectivity index (χ3n) is 3.23. The van der Waals surface area contributed by atoms with Gasteiger partial charge in [0.1, 0.15) is 0 Å². The Kier molecular flexibility index (Phi) is 15.6. The number of hydrogen-bond donors (Lipinski definition) is 0. The van der Waals surface area contributed by atoms with E-state index in [-0.39, 0.29) is 65.4 Å². The van der Waals surface area contributed by atoms with E-state index >= 15 is 0 Å². The SMILES string of the molecule is CC1CCN(C)CC1.CC1CC[N-]C1.[Y].[Y]. The first-order valence-corrected chi connectivity index (χ1v) is 6.00. The second-order valence-corrected chi connectivity index (χ2v) is 5.01. The molecule has 0 aromatic rings. The monoisotopic (exact) mass is 375 g/mol. The van der Waals surface area contributed by atoms with Gasteiger partial charge in [-0.2, -0.15) is 0 Å². The fourth-order valence-corrected chi connectivity index (χ4v) is 1.85. The van der Waals surface area contributed by atoms with Crippen LogP contribution in [0.5, 0.6) is 0 Å². The number of hydrogen-bond acceptors (Lipinski definition) is 1. The topological polar surface area (TPSA) is 17.3 Å². The van der Waals surface area contributed by atoms with Crippen molar-refractivity contribution in [3.05, 3.63) is 5.32 Å². The van der Waals surface area contributed by atoms with Gasteiger partial charge in [-0.3, -0.25) is 0 Å². The summed E-state index contributed by atoms with van der Waals surface area (Å²) in [6, 6.07) is 0. The van der Waals surface area contributed by atoms with Crippen molar-refractivity contribution in [3.8, 4) is 0 Å². The molecule has 2 rings (SSSR count). The van der Waals surface area contributed by atoms with Gasteiger partial charge in [0.05, 0.1) is 0 Å². The van der Waals surface area contributed by atoms with E-state index < -0.39 is 0 Å². The maximum atomic E-state index is 4.16.